The number of rotatable bonds is 6. The largest absolute Gasteiger partial charge is 0.392 e. The van der Waals surface area contributed by atoms with Gasteiger partial charge in [0.2, 0.25) is 0 Å². The zero-order valence-electron chi connectivity index (χ0n) is 18.5. The molecule has 0 radical (unpaired) electrons. The first kappa shape index (κ1) is 23.6. The van der Waals surface area contributed by atoms with E-state index in [1.807, 2.05) is 24.3 Å². The van der Waals surface area contributed by atoms with Gasteiger partial charge < -0.3 is 5.11 Å². The number of para-hydroxylation sites is 1. The van der Waals surface area contributed by atoms with Gasteiger partial charge in [-0.3, -0.25) is 14.7 Å². The van der Waals surface area contributed by atoms with Crippen LogP contribution in [0.5, 0.6) is 0 Å². The Morgan fingerprint density at radius 1 is 1.14 bits per heavy atom. The summed E-state index contributed by atoms with van der Waals surface area (Å²) in [5.41, 5.74) is 1.58. The Hall–Kier alpha value is -4.11. The fourth-order valence-corrected chi connectivity index (χ4v) is 5.33. The normalized spacial score (nSPS) is 11.8. The average molecular weight is 526 g/mol. The molecule has 3 aromatic carbocycles. The van der Waals surface area contributed by atoms with Crippen LogP contribution in [-0.4, -0.2) is 43.0 Å². The number of aliphatic hydroxyl groups excluding tert-OH is 1. The van der Waals surface area contributed by atoms with Crippen molar-refractivity contribution in [3.05, 3.63) is 81.9 Å². The SMILES string of the molecule is Cc1ccc(-c2nn(-c3ccc([N+](=O)[O-])cc3CO)[n+](-c3nc4ccccc4s3)n2)c(S(=O)(=O)O)c1. The molecule has 0 spiro atoms. The van der Waals surface area contributed by atoms with Crippen molar-refractivity contribution < 1.29 is 27.8 Å². The van der Waals surface area contributed by atoms with Crippen molar-refractivity contribution in [2.45, 2.75) is 18.4 Å². The molecule has 12 nitrogen and oxygen atoms in total. The molecule has 14 heteroatoms. The van der Waals surface area contributed by atoms with E-state index >= 15 is 0 Å². The molecule has 0 aliphatic heterocycles. The molecule has 0 bridgehead atoms. The van der Waals surface area contributed by atoms with Crippen molar-refractivity contribution in [2.75, 3.05) is 0 Å². The molecule has 0 atom stereocenters. The van der Waals surface area contributed by atoms with E-state index in [-0.39, 0.29) is 33.2 Å². The van der Waals surface area contributed by atoms with Crippen molar-refractivity contribution in [2.24, 2.45) is 0 Å². The number of aliphatic hydroxyl groups is 1. The molecule has 2 N–H and O–H groups in total. The summed E-state index contributed by atoms with van der Waals surface area (Å²) in [5, 5.41) is 30.5. The number of non-ortho nitro benzene ring substituents is 1. The van der Waals surface area contributed by atoms with Crippen molar-refractivity contribution in [1.82, 2.24) is 20.0 Å². The highest BCUT2D eigenvalue weighted by Gasteiger charge is 2.29. The number of hydrogen-bond donors (Lipinski definition) is 2. The number of tetrazole rings is 1. The number of nitrogens with zero attached hydrogens (tertiary/aromatic N) is 6. The fourth-order valence-electron chi connectivity index (χ4n) is 3.65. The van der Waals surface area contributed by atoms with E-state index in [0.29, 0.717) is 16.2 Å². The molecule has 36 heavy (non-hydrogen) atoms. The molecule has 5 aromatic rings. The average Bonchev–Trinajstić information content (AvgIpc) is 3.47. The summed E-state index contributed by atoms with van der Waals surface area (Å²) in [6, 6.07) is 15.7. The van der Waals surface area contributed by atoms with Crippen molar-refractivity contribution in [3.63, 3.8) is 0 Å². The number of hydrogen-bond acceptors (Lipinski definition) is 9. The summed E-state index contributed by atoms with van der Waals surface area (Å²) in [6.45, 7) is 1.14. The first-order valence-corrected chi connectivity index (χ1v) is 12.6. The van der Waals surface area contributed by atoms with Crippen molar-refractivity contribution in [3.8, 4) is 22.2 Å². The molecule has 2 heterocycles. The van der Waals surface area contributed by atoms with Crippen LogP contribution in [0, 0.1) is 17.0 Å². The zero-order valence-corrected chi connectivity index (χ0v) is 20.1. The highest BCUT2D eigenvalue weighted by Crippen LogP contribution is 2.28. The van der Waals surface area contributed by atoms with Gasteiger partial charge in [-0.05, 0) is 57.5 Å². The second-order valence-electron chi connectivity index (χ2n) is 7.77. The van der Waals surface area contributed by atoms with Gasteiger partial charge in [-0.25, -0.2) is 0 Å². The first-order chi connectivity index (χ1) is 17.2. The number of aryl methyl sites for hydroxylation is 1. The molecular formula is C22H17N6O6S2+. The summed E-state index contributed by atoms with van der Waals surface area (Å²) >= 11 is 1.29. The monoisotopic (exact) mass is 525 g/mol. The van der Waals surface area contributed by atoms with E-state index < -0.39 is 21.6 Å². The van der Waals surface area contributed by atoms with Crippen LogP contribution in [0.15, 0.2) is 65.6 Å². The van der Waals surface area contributed by atoms with Gasteiger partial charge in [-0.1, -0.05) is 34.5 Å². The number of fused-ring (bicyclic) bond motifs is 1. The van der Waals surface area contributed by atoms with Crippen molar-refractivity contribution >= 4 is 37.4 Å². The van der Waals surface area contributed by atoms with Crippen LogP contribution in [0.3, 0.4) is 0 Å². The molecule has 0 saturated heterocycles. The van der Waals surface area contributed by atoms with Crippen molar-refractivity contribution in [1.29, 1.82) is 0 Å². The van der Waals surface area contributed by atoms with Gasteiger partial charge in [0.05, 0.1) is 21.8 Å². The lowest BCUT2D eigenvalue weighted by Crippen LogP contribution is -2.43. The Labute approximate surface area is 207 Å². The maximum Gasteiger partial charge on any atom is 0.365 e. The number of thiazole rings is 1. The molecule has 0 fully saturated rings. The fraction of sp³-hybridized carbons (Fsp3) is 0.0909. The van der Waals surface area contributed by atoms with Gasteiger partial charge in [0.25, 0.3) is 21.6 Å². The standard InChI is InChI=1S/C22H16N6O6S2/c1-13-6-8-16(20(10-13)36(32,33)34)21-24-26(18-9-7-15(28(30)31)11-14(18)12-29)27(25-21)22-23-17-4-2-3-5-19(17)35-22/h2-11,29H,12H2,1H3/p+1. The Morgan fingerprint density at radius 2 is 1.92 bits per heavy atom. The highest BCUT2D eigenvalue weighted by atomic mass is 32.2. The summed E-state index contributed by atoms with van der Waals surface area (Å²) in [4.78, 5) is 17.5. The second-order valence-corrected chi connectivity index (χ2v) is 10.2. The second kappa shape index (κ2) is 8.83. The molecule has 0 amide bonds. The van der Waals surface area contributed by atoms with Crippen LogP contribution in [0.25, 0.3) is 32.4 Å². The summed E-state index contributed by atoms with van der Waals surface area (Å²) < 4.78 is 34.9. The minimum Gasteiger partial charge on any atom is -0.392 e. The van der Waals surface area contributed by atoms with Gasteiger partial charge in [0.1, 0.15) is 10.6 Å². The Balaban J connectivity index is 1.80. The Kier molecular flexibility index (Phi) is 5.80. The molecule has 0 aliphatic carbocycles. The topological polar surface area (TPSA) is 165 Å². The Morgan fingerprint density at radius 3 is 2.61 bits per heavy atom. The lowest BCUT2D eigenvalue weighted by atomic mass is 10.1. The van der Waals surface area contributed by atoms with Gasteiger partial charge in [-0.15, -0.1) is 0 Å². The lowest BCUT2D eigenvalue weighted by Gasteiger charge is -2.05. The first-order valence-electron chi connectivity index (χ1n) is 10.4. The maximum atomic E-state index is 12.1. The maximum absolute atomic E-state index is 12.1. The molecular weight excluding hydrogens is 508 g/mol. The molecule has 0 saturated carbocycles. The quantitative estimate of drug-likeness (QED) is 0.147. The molecule has 5 rings (SSSR count). The van der Waals surface area contributed by atoms with Crippen LogP contribution < -0.4 is 4.80 Å². The van der Waals surface area contributed by atoms with Crippen LogP contribution in [0.2, 0.25) is 0 Å². The third kappa shape index (κ3) is 4.22. The minimum absolute atomic E-state index is 0.0455. The van der Waals surface area contributed by atoms with Crippen LogP contribution >= 0.6 is 11.3 Å². The van der Waals surface area contributed by atoms with E-state index in [1.54, 1.807) is 13.0 Å². The molecule has 0 aliphatic rings. The number of nitro benzene ring substituents is 1. The van der Waals surface area contributed by atoms with Crippen LogP contribution in [0.1, 0.15) is 11.1 Å². The molecule has 182 valence electrons. The molecule has 0 unspecified atom stereocenters. The third-order valence-electron chi connectivity index (χ3n) is 5.33. The van der Waals surface area contributed by atoms with E-state index in [4.69, 9.17) is 0 Å². The summed E-state index contributed by atoms with van der Waals surface area (Å²) in [5.74, 6) is -0.0517. The summed E-state index contributed by atoms with van der Waals surface area (Å²) in [7, 11) is -4.61. The van der Waals surface area contributed by atoms with Gasteiger partial charge >= 0.3 is 5.13 Å². The van der Waals surface area contributed by atoms with E-state index in [2.05, 4.69) is 15.2 Å². The van der Waals surface area contributed by atoms with Crippen LogP contribution in [-0.2, 0) is 16.7 Å². The third-order valence-corrected chi connectivity index (χ3v) is 7.22. The number of benzene rings is 3. The molecule has 2 aromatic heterocycles. The zero-order chi connectivity index (χ0) is 25.6. The Bertz CT molecular complexity index is 1730. The number of aromatic nitrogens is 5. The minimum atomic E-state index is -4.61. The summed E-state index contributed by atoms with van der Waals surface area (Å²) in [6.07, 6.45) is 0. The highest BCUT2D eigenvalue weighted by molar-refractivity contribution is 7.86. The van der Waals surface area contributed by atoms with Gasteiger partial charge in [0.15, 0.2) is 5.52 Å². The van der Waals surface area contributed by atoms with Gasteiger partial charge in [0, 0.05) is 22.8 Å². The lowest BCUT2D eigenvalue weighted by molar-refractivity contribution is -0.734. The predicted octanol–water partition coefficient (Wildman–Crippen LogP) is 2.78. The number of nitro groups is 1. The van der Waals surface area contributed by atoms with Gasteiger partial charge in [-0.2, -0.15) is 8.42 Å². The van der Waals surface area contributed by atoms with E-state index in [9.17, 15) is 28.2 Å². The predicted molar refractivity (Wildman–Crippen MR) is 129 cm³/mol. The smallest absolute Gasteiger partial charge is 0.365 e. The van der Waals surface area contributed by atoms with E-state index in [1.165, 1.54) is 51.3 Å². The van der Waals surface area contributed by atoms with E-state index in [0.717, 1.165) is 4.70 Å². The van der Waals surface area contributed by atoms with Crippen LogP contribution in [0.4, 0.5) is 5.69 Å².